The largest absolute Gasteiger partial charge is 0.357 e. The predicted molar refractivity (Wildman–Crippen MR) is 43.8 cm³/mol. The van der Waals surface area contributed by atoms with Crippen LogP contribution < -0.4 is 0 Å². The molecule has 1 aliphatic heterocycles. The Bertz CT molecular complexity index is 236. The second kappa shape index (κ2) is 2.11. The molecule has 1 heterocycles. The molecule has 0 bridgehead atoms. The van der Waals surface area contributed by atoms with Crippen LogP contribution >= 0.6 is 0 Å². The Morgan fingerprint density at radius 2 is 2.25 bits per heavy atom. The lowest BCUT2D eigenvalue weighted by molar-refractivity contribution is -0.121. The summed E-state index contributed by atoms with van der Waals surface area (Å²) in [6.07, 6.45) is 6.94. The van der Waals surface area contributed by atoms with Crippen LogP contribution in [-0.2, 0) is 9.53 Å². The molecule has 3 rings (SSSR count). The quantitative estimate of drug-likeness (QED) is 0.512. The minimum atomic E-state index is 0.0246. The van der Waals surface area contributed by atoms with Crippen molar-refractivity contribution < 1.29 is 9.53 Å². The molecule has 2 aliphatic carbocycles. The zero-order valence-electron chi connectivity index (χ0n) is 7.21. The minimum absolute atomic E-state index is 0.0246. The van der Waals surface area contributed by atoms with E-state index in [0.717, 1.165) is 19.3 Å². The smallest absolute Gasteiger partial charge is 0.164 e. The first-order valence-electron chi connectivity index (χ1n) is 5.03. The van der Waals surface area contributed by atoms with Crippen LogP contribution in [0.4, 0.5) is 0 Å². The van der Waals surface area contributed by atoms with Gasteiger partial charge in [0.2, 0.25) is 0 Å². The van der Waals surface area contributed by atoms with Crippen molar-refractivity contribution in [2.75, 3.05) is 0 Å². The van der Waals surface area contributed by atoms with Crippen LogP contribution in [0.1, 0.15) is 38.5 Å². The number of epoxide rings is 1. The number of ketones is 1. The van der Waals surface area contributed by atoms with E-state index < -0.39 is 0 Å². The van der Waals surface area contributed by atoms with Gasteiger partial charge in [-0.15, -0.1) is 0 Å². The van der Waals surface area contributed by atoms with Gasteiger partial charge in [0.05, 0.1) is 0 Å². The molecule has 3 aliphatic rings. The fraction of sp³-hybridized carbons (Fsp3) is 0.900. The second-order valence-corrected chi connectivity index (χ2v) is 4.40. The van der Waals surface area contributed by atoms with Crippen LogP contribution in [0.15, 0.2) is 0 Å². The molecule has 12 heavy (non-hydrogen) atoms. The normalized spacial score (nSPS) is 51.2. The molecule has 0 unspecified atom stereocenters. The standard InChI is InChI=1S/C10H14O2/c11-8-5-4-7-3-1-2-6-10(7)9(8)12-10/h7,9H,1-6H2/t7-,9+,10-/m0/s1. The van der Waals surface area contributed by atoms with E-state index in [-0.39, 0.29) is 11.7 Å². The van der Waals surface area contributed by atoms with E-state index in [1.807, 2.05) is 0 Å². The highest BCUT2D eigenvalue weighted by molar-refractivity contribution is 5.88. The zero-order valence-corrected chi connectivity index (χ0v) is 7.21. The third-order valence-corrected chi connectivity index (χ3v) is 3.82. The van der Waals surface area contributed by atoms with Crippen LogP contribution in [0, 0.1) is 5.92 Å². The van der Waals surface area contributed by atoms with Gasteiger partial charge >= 0.3 is 0 Å². The summed E-state index contributed by atoms with van der Waals surface area (Å²) in [6.45, 7) is 0. The molecule has 0 aromatic rings. The van der Waals surface area contributed by atoms with E-state index in [4.69, 9.17) is 4.74 Å². The third kappa shape index (κ3) is 0.717. The Hall–Kier alpha value is -0.370. The lowest BCUT2D eigenvalue weighted by Gasteiger charge is -2.31. The molecule has 0 N–H and O–H groups in total. The molecule has 0 amide bonds. The van der Waals surface area contributed by atoms with Gasteiger partial charge in [0.1, 0.15) is 11.7 Å². The summed E-state index contributed by atoms with van der Waals surface area (Å²) in [6, 6.07) is 0. The van der Waals surface area contributed by atoms with Crippen molar-refractivity contribution in [3.05, 3.63) is 0 Å². The average Bonchev–Trinajstić information content (AvgIpc) is 2.80. The van der Waals surface area contributed by atoms with Gasteiger partial charge in [0, 0.05) is 6.42 Å². The van der Waals surface area contributed by atoms with Gasteiger partial charge in [-0.3, -0.25) is 4.79 Å². The van der Waals surface area contributed by atoms with E-state index in [1.54, 1.807) is 0 Å². The lowest BCUT2D eigenvalue weighted by atomic mass is 9.70. The van der Waals surface area contributed by atoms with Crippen molar-refractivity contribution in [1.29, 1.82) is 0 Å². The Morgan fingerprint density at radius 1 is 1.33 bits per heavy atom. The first-order valence-corrected chi connectivity index (χ1v) is 5.03. The number of ether oxygens (including phenoxy) is 1. The molecular formula is C10H14O2. The Morgan fingerprint density at radius 3 is 3.17 bits per heavy atom. The molecule has 2 heteroatoms. The lowest BCUT2D eigenvalue weighted by Crippen LogP contribution is -2.37. The van der Waals surface area contributed by atoms with E-state index in [2.05, 4.69) is 0 Å². The van der Waals surface area contributed by atoms with Crippen LogP contribution in [0.5, 0.6) is 0 Å². The molecule has 0 aromatic heterocycles. The Labute approximate surface area is 72.3 Å². The number of hydrogen-bond donors (Lipinski definition) is 0. The maximum atomic E-state index is 11.4. The maximum absolute atomic E-state index is 11.4. The Kier molecular flexibility index (Phi) is 1.24. The summed E-state index contributed by atoms with van der Waals surface area (Å²) in [4.78, 5) is 11.4. The average molecular weight is 166 g/mol. The van der Waals surface area contributed by atoms with E-state index in [1.165, 1.54) is 19.3 Å². The van der Waals surface area contributed by atoms with E-state index >= 15 is 0 Å². The SMILES string of the molecule is O=C1CC[C@@H]2CCCC[C@]23O[C@H]13. The highest BCUT2D eigenvalue weighted by Gasteiger charge is 2.66. The highest BCUT2D eigenvalue weighted by atomic mass is 16.6. The van der Waals surface area contributed by atoms with Crippen molar-refractivity contribution in [3.63, 3.8) is 0 Å². The van der Waals surface area contributed by atoms with E-state index in [0.29, 0.717) is 11.7 Å². The van der Waals surface area contributed by atoms with Gasteiger partial charge in [0.25, 0.3) is 0 Å². The van der Waals surface area contributed by atoms with Crippen molar-refractivity contribution in [2.45, 2.75) is 50.2 Å². The molecule has 2 nitrogen and oxygen atoms in total. The summed E-state index contributed by atoms with van der Waals surface area (Å²) < 4.78 is 5.63. The maximum Gasteiger partial charge on any atom is 0.164 e. The van der Waals surface area contributed by atoms with Gasteiger partial charge in [-0.2, -0.15) is 0 Å². The molecule has 0 aromatic carbocycles. The molecular weight excluding hydrogens is 152 g/mol. The van der Waals surface area contributed by atoms with Crippen molar-refractivity contribution >= 4 is 5.78 Å². The fourth-order valence-electron chi connectivity index (χ4n) is 3.10. The highest BCUT2D eigenvalue weighted by Crippen LogP contribution is 2.56. The minimum Gasteiger partial charge on any atom is -0.357 e. The molecule has 3 atom stereocenters. The van der Waals surface area contributed by atoms with Gasteiger partial charge in [0.15, 0.2) is 5.78 Å². The zero-order chi connectivity index (χ0) is 8.18. The molecule has 1 saturated heterocycles. The summed E-state index contributed by atoms with van der Waals surface area (Å²) in [7, 11) is 0. The number of hydrogen-bond acceptors (Lipinski definition) is 2. The van der Waals surface area contributed by atoms with Crippen LogP contribution in [-0.4, -0.2) is 17.5 Å². The Balaban J connectivity index is 1.88. The topological polar surface area (TPSA) is 29.6 Å². The molecule has 0 radical (unpaired) electrons. The molecule has 2 saturated carbocycles. The first-order chi connectivity index (χ1) is 5.83. The second-order valence-electron chi connectivity index (χ2n) is 4.40. The monoisotopic (exact) mass is 166 g/mol. The van der Waals surface area contributed by atoms with Gasteiger partial charge in [-0.1, -0.05) is 12.8 Å². The van der Waals surface area contributed by atoms with Gasteiger partial charge in [-0.05, 0) is 25.2 Å². The molecule has 3 fully saturated rings. The predicted octanol–water partition coefficient (Wildman–Crippen LogP) is 1.68. The van der Waals surface area contributed by atoms with Crippen LogP contribution in [0.3, 0.4) is 0 Å². The third-order valence-electron chi connectivity index (χ3n) is 3.82. The number of rotatable bonds is 0. The van der Waals surface area contributed by atoms with Crippen molar-refractivity contribution in [2.24, 2.45) is 5.92 Å². The number of Topliss-reactive ketones (excluding diaryl/α,β-unsaturated/α-hetero) is 1. The summed E-state index contributed by atoms with van der Waals surface area (Å²) >= 11 is 0. The molecule has 66 valence electrons. The van der Waals surface area contributed by atoms with Crippen LogP contribution in [0.25, 0.3) is 0 Å². The van der Waals surface area contributed by atoms with Gasteiger partial charge in [-0.25, -0.2) is 0 Å². The van der Waals surface area contributed by atoms with Crippen molar-refractivity contribution in [3.8, 4) is 0 Å². The first kappa shape index (κ1) is 7.07. The summed E-state index contributed by atoms with van der Waals surface area (Å²) in [5.41, 5.74) is 0.0631. The number of carbonyl (C=O) groups is 1. The van der Waals surface area contributed by atoms with Crippen molar-refractivity contribution in [1.82, 2.24) is 0 Å². The van der Waals surface area contributed by atoms with Gasteiger partial charge < -0.3 is 4.74 Å². The summed E-state index contributed by atoms with van der Waals surface area (Å²) in [5, 5.41) is 0. The summed E-state index contributed by atoms with van der Waals surface area (Å²) in [5.74, 6) is 1.09. The molecule has 1 spiro atoms. The number of carbonyl (C=O) groups excluding carboxylic acids is 1. The van der Waals surface area contributed by atoms with Crippen LogP contribution in [0.2, 0.25) is 0 Å². The van der Waals surface area contributed by atoms with E-state index in [9.17, 15) is 4.79 Å². The fourth-order valence-corrected chi connectivity index (χ4v) is 3.10.